The van der Waals surface area contributed by atoms with E-state index in [1.807, 2.05) is 18.2 Å². The average molecular weight is 552 g/mol. The van der Waals surface area contributed by atoms with Crippen LogP contribution in [0.15, 0.2) is 152 Å². The van der Waals surface area contributed by atoms with E-state index in [2.05, 4.69) is 121 Å². The maximum Gasteiger partial charge on any atom is 0.123 e. The van der Waals surface area contributed by atoms with E-state index < -0.39 is 5.41 Å². The molecule has 0 aliphatic heterocycles. The summed E-state index contributed by atoms with van der Waals surface area (Å²) in [7, 11) is 0. The number of hydrogen-bond donors (Lipinski definition) is 1. The van der Waals surface area contributed by atoms with Crippen molar-refractivity contribution < 1.29 is 4.39 Å². The van der Waals surface area contributed by atoms with Gasteiger partial charge in [0.2, 0.25) is 0 Å². The van der Waals surface area contributed by atoms with Gasteiger partial charge in [0.05, 0.1) is 5.41 Å². The molecule has 1 N–H and O–H groups in total. The Balaban J connectivity index is 1.25. The molecule has 1 atom stereocenters. The molecule has 2 aliphatic rings. The van der Waals surface area contributed by atoms with E-state index >= 15 is 0 Å². The van der Waals surface area contributed by atoms with Crippen LogP contribution in [0.3, 0.4) is 0 Å². The summed E-state index contributed by atoms with van der Waals surface area (Å²) in [5.74, 6) is -0.232. The molecule has 202 valence electrons. The van der Waals surface area contributed by atoms with Gasteiger partial charge in [-0.1, -0.05) is 103 Å². The fraction of sp³-hybridized carbons (Fsp3) is 0.0244. The molecule has 2 aliphatic carbocycles. The third-order valence-corrected chi connectivity index (χ3v) is 9.27. The molecule has 0 bridgehead atoms. The van der Waals surface area contributed by atoms with Crippen molar-refractivity contribution in [2.75, 3.05) is 5.32 Å². The van der Waals surface area contributed by atoms with E-state index in [1.165, 1.54) is 61.3 Å². The molecule has 0 saturated heterocycles. The predicted octanol–water partition coefficient (Wildman–Crippen LogP) is 10.7. The summed E-state index contributed by atoms with van der Waals surface area (Å²) in [6, 6.07) is 53.0. The fourth-order valence-electron chi connectivity index (χ4n) is 7.51. The van der Waals surface area contributed by atoms with Gasteiger partial charge in [0.15, 0.2) is 0 Å². The number of halogens is 1. The summed E-state index contributed by atoms with van der Waals surface area (Å²) in [6.45, 7) is 0. The highest BCUT2D eigenvalue weighted by Gasteiger charge is 2.51. The van der Waals surface area contributed by atoms with Gasteiger partial charge in [-0.05, 0) is 115 Å². The van der Waals surface area contributed by atoms with Crippen LogP contribution in [0.5, 0.6) is 0 Å². The van der Waals surface area contributed by atoms with Crippen LogP contribution in [0, 0.1) is 5.82 Å². The van der Waals surface area contributed by atoms with Gasteiger partial charge in [-0.3, -0.25) is 0 Å². The lowest BCUT2D eigenvalue weighted by Gasteiger charge is -2.31. The summed E-state index contributed by atoms with van der Waals surface area (Å²) in [5, 5.41) is 6.19. The molecular weight excluding hydrogens is 525 g/mol. The first-order chi connectivity index (χ1) is 21.2. The Morgan fingerprint density at radius 2 is 0.977 bits per heavy atom. The van der Waals surface area contributed by atoms with E-state index in [0.717, 1.165) is 22.5 Å². The highest BCUT2D eigenvalue weighted by Crippen LogP contribution is 2.63. The van der Waals surface area contributed by atoms with E-state index in [9.17, 15) is 4.39 Å². The normalized spacial score (nSPS) is 15.7. The van der Waals surface area contributed by atoms with Crippen molar-refractivity contribution in [1.82, 2.24) is 0 Å². The molecule has 9 rings (SSSR count). The largest absolute Gasteiger partial charge is 0.355 e. The van der Waals surface area contributed by atoms with Crippen LogP contribution in [0.1, 0.15) is 22.3 Å². The Morgan fingerprint density at radius 3 is 1.74 bits per heavy atom. The zero-order valence-electron chi connectivity index (χ0n) is 23.3. The zero-order valence-corrected chi connectivity index (χ0v) is 23.3. The standard InChI is InChI=1S/C41H26FN/c42-30-13-7-11-26(21-30)27-12-8-14-31(22-27)43-32-19-20-35-33-15-3-5-17-37(33)41(40(35)25-32)38-18-6-4-16-34(38)36-23-28-9-1-2-10-29(28)24-39(36)41/h1-25,43H. The van der Waals surface area contributed by atoms with Crippen LogP contribution < -0.4 is 5.32 Å². The van der Waals surface area contributed by atoms with Gasteiger partial charge in [-0.2, -0.15) is 0 Å². The van der Waals surface area contributed by atoms with Crippen molar-refractivity contribution in [3.8, 4) is 33.4 Å². The monoisotopic (exact) mass is 551 g/mol. The van der Waals surface area contributed by atoms with Gasteiger partial charge in [0.25, 0.3) is 0 Å². The van der Waals surface area contributed by atoms with Gasteiger partial charge >= 0.3 is 0 Å². The number of anilines is 2. The molecule has 43 heavy (non-hydrogen) atoms. The quantitative estimate of drug-likeness (QED) is 0.230. The molecule has 0 saturated carbocycles. The van der Waals surface area contributed by atoms with Crippen molar-refractivity contribution in [1.29, 1.82) is 0 Å². The first kappa shape index (κ1) is 24.2. The topological polar surface area (TPSA) is 12.0 Å². The minimum atomic E-state index is -0.414. The average Bonchev–Trinajstić information content (AvgIpc) is 3.50. The molecule has 7 aromatic rings. The van der Waals surface area contributed by atoms with E-state index in [0.29, 0.717) is 0 Å². The molecule has 0 amide bonds. The Kier molecular flexibility index (Phi) is 5.06. The van der Waals surface area contributed by atoms with Gasteiger partial charge in [0.1, 0.15) is 5.82 Å². The Morgan fingerprint density at radius 1 is 0.395 bits per heavy atom. The van der Waals surface area contributed by atoms with E-state index in [-0.39, 0.29) is 5.82 Å². The lowest BCUT2D eigenvalue weighted by molar-refractivity contribution is 0.628. The first-order valence-electron chi connectivity index (χ1n) is 14.7. The second-order valence-corrected chi connectivity index (χ2v) is 11.6. The minimum Gasteiger partial charge on any atom is -0.355 e. The molecular formula is C41H26FN. The summed E-state index contributed by atoms with van der Waals surface area (Å²) in [4.78, 5) is 0. The molecule has 2 heteroatoms. The van der Waals surface area contributed by atoms with Gasteiger partial charge in [0, 0.05) is 11.4 Å². The van der Waals surface area contributed by atoms with Crippen LogP contribution in [-0.4, -0.2) is 0 Å². The molecule has 1 unspecified atom stereocenters. The second kappa shape index (κ2) is 9.01. The van der Waals surface area contributed by atoms with Crippen LogP contribution >= 0.6 is 0 Å². The lowest BCUT2D eigenvalue weighted by atomic mass is 9.70. The number of benzene rings is 7. The highest BCUT2D eigenvalue weighted by molar-refractivity contribution is 6.00. The molecule has 7 aromatic carbocycles. The second-order valence-electron chi connectivity index (χ2n) is 11.6. The van der Waals surface area contributed by atoms with Crippen LogP contribution in [0.2, 0.25) is 0 Å². The van der Waals surface area contributed by atoms with Gasteiger partial charge in [-0.25, -0.2) is 4.39 Å². The molecule has 0 aromatic heterocycles. The predicted molar refractivity (Wildman–Crippen MR) is 175 cm³/mol. The third kappa shape index (κ3) is 3.44. The number of nitrogens with one attached hydrogen (secondary N) is 1. The summed E-state index contributed by atoms with van der Waals surface area (Å²) < 4.78 is 14.0. The maximum atomic E-state index is 14.0. The first-order valence-corrected chi connectivity index (χ1v) is 14.7. The minimum absolute atomic E-state index is 0.232. The van der Waals surface area contributed by atoms with Crippen molar-refractivity contribution in [2.45, 2.75) is 5.41 Å². The summed E-state index contributed by atoms with van der Waals surface area (Å²) in [6.07, 6.45) is 0. The van der Waals surface area contributed by atoms with E-state index in [4.69, 9.17) is 0 Å². The van der Waals surface area contributed by atoms with Gasteiger partial charge < -0.3 is 5.32 Å². The maximum absolute atomic E-state index is 14.0. The number of hydrogen-bond acceptors (Lipinski definition) is 1. The van der Waals surface area contributed by atoms with Crippen molar-refractivity contribution in [3.05, 3.63) is 180 Å². The summed E-state index contributed by atoms with van der Waals surface area (Å²) in [5.41, 5.74) is 13.8. The van der Waals surface area contributed by atoms with Crippen LogP contribution in [0.25, 0.3) is 44.2 Å². The Bertz CT molecular complexity index is 2250. The highest BCUT2D eigenvalue weighted by atomic mass is 19.1. The molecule has 1 spiro atoms. The van der Waals surface area contributed by atoms with Crippen molar-refractivity contribution in [3.63, 3.8) is 0 Å². The molecule has 0 heterocycles. The SMILES string of the molecule is Fc1cccc(-c2cccc(Nc3ccc4c(c3)C3(c5ccccc5-4)c4ccccc4-c4cc5ccccc5cc43)c2)c1. The van der Waals surface area contributed by atoms with Crippen molar-refractivity contribution in [2.24, 2.45) is 0 Å². The molecule has 0 radical (unpaired) electrons. The Labute approximate surface area is 249 Å². The van der Waals surface area contributed by atoms with E-state index in [1.54, 1.807) is 12.1 Å². The van der Waals surface area contributed by atoms with Crippen LogP contribution in [0.4, 0.5) is 15.8 Å². The Hall–Kier alpha value is -5.47. The number of fused-ring (bicyclic) bond motifs is 11. The number of rotatable bonds is 3. The lowest BCUT2D eigenvalue weighted by Crippen LogP contribution is -2.26. The van der Waals surface area contributed by atoms with Crippen LogP contribution in [-0.2, 0) is 5.41 Å². The third-order valence-electron chi connectivity index (χ3n) is 9.27. The molecule has 1 nitrogen and oxygen atoms in total. The molecule has 0 fully saturated rings. The van der Waals surface area contributed by atoms with Crippen molar-refractivity contribution >= 4 is 22.1 Å². The zero-order chi connectivity index (χ0) is 28.5. The smallest absolute Gasteiger partial charge is 0.123 e. The van der Waals surface area contributed by atoms with Gasteiger partial charge in [-0.15, -0.1) is 0 Å². The summed E-state index contributed by atoms with van der Waals surface area (Å²) >= 11 is 0. The fourth-order valence-corrected chi connectivity index (χ4v) is 7.51.